The van der Waals surface area contributed by atoms with Crippen LogP contribution in [-0.4, -0.2) is 27.0 Å². The molecule has 4 aromatic rings. The second kappa shape index (κ2) is 10.5. The predicted octanol–water partition coefficient (Wildman–Crippen LogP) is 5.00. The number of anilines is 1. The van der Waals surface area contributed by atoms with E-state index in [4.69, 9.17) is 4.74 Å². The van der Waals surface area contributed by atoms with Crippen LogP contribution in [0.15, 0.2) is 109 Å². The minimum absolute atomic E-state index is 0.118. The maximum Gasteiger partial charge on any atom is 0.263 e. The number of amides is 1. The van der Waals surface area contributed by atoms with E-state index in [9.17, 15) is 13.2 Å². The van der Waals surface area contributed by atoms with Gasteiger partial charge in [-0.15, -0.1) is 0 Å². The van der Waals surface area contributed by atoms with Gasteiger partial charge in [0, 0.05) is 0 Å². The number of hydrogen-bond donors (Lipinski definition) is 1. The Morgan fingerprint density at radius 1 is 0.892 bits per heavy atom. The van der Waals surface area contributed by atoms with Crippen LogP contribution in [0.3, 0.4) is 0 Å². The van der Waals surface area contributed by atoms with Gasteiger partial charge in [0.25, 0.3) is 5.91 Å². The number of carbonyl (C=O) groups is 1. The summed E-state index contributed by atoms with van der Waals surface area (Å²) in [5.74, 6) is -0.198. The maximum absolute atomic E-state index is 13.6. The SMILES string of the molecule is Cc1ccccc1C(NC(=O)C1CN(S(=O)(=O)Cc2ccccc2)c2ccccc2O1)c1ccccc1. The molecule has 2 atom stereocenters. The van der Waals surface area contributed by atoms with Crippen molar-refractivity contribution in [2.45, 2.75) is 24.8 Å². The summed E-state index contributed by atoms with van der Waals surface area (Å²) in [4.78, 5) is 13.6. The van der Waals surface area contributed by atoms with Crippen LogP contribution in [0.1, 0.15) is 28.3 Å². The highest BCUT2D eigenvalue weighted by molar-refractivity contribution is 7.92. The molecule has 0 bridgehead atoms. The lowest BCUT2D eigenvalue weighted by atomic mass is 9.94. The van der Waals surface area contributed by atoms with Crippen LogP contribution < -0.4 is 14.4 Å². The molecule has 0 radical (unpaired) electrons. The van der Waals surface area contributed by atoms with Gasteiger partial charge in [0.15, 0.2) is 6.10 Å². The highest BCUT2D eigenvalue weighted by Crippen LogP contribution is 2.36. The quantitative estimate of drug-likeness (QED) is 0.378. The highest BCUT2D eigenvalue weighted by Gasteiger charge is 2.37. The van der Waals surface area contributed by atoms with Crippen molar-refractivity contribution in [1.82, 2.24) is 5.32 Å². The summed E-state index contributed by atoms with van der Waals surface area (Å²) >= 11 is 0. The summed E-state index contributed by atoms with van der Waals surface area (Å²) in [5.41, 5.74) is 4.04. The molecule has 37 heavy (non-hydrogen) atoms. The van der Waals surface area contributed by atoms with Crippen molar-refractivity contribution in [2.75, 3.05) is 10.8 Å². The normalized spacial score (nSPS) is 15.8. The van der Waals surface area contributed by atoms with Crippen LogP contribution in [0.5, 0.6) is 5.75 Å². The van der Waals surface area contributed by atoms with E-state index in [1.807, 2.05) is 79.7 Å². The number of carbonyl (C=O) groups excluding carboxylic acids is 1. The van der Waals surface area contributed by atoms with Crippen LogP contribution in [0.2, 0.25) is 0 Å². The maximum atomic E-state index is 13.6. The minimum atomic E-state index is -3.78. The smallest absolute Gasteiger partial charge is 0.263 e. The van der Waals surface area contributed by atoms with Gasteiger partial charge < -0.3 is 10.1 Å². The summed E-state index contributed by atoms with van der Waals surface area (Å²) in [5, 5.41) is 3.13. The van der Waals surface area contributed by atoms with Gasteiger partial charge in [0.1, 0.15) is 5.75 Å². The van der Waals surface area contributed by atoms with Gasteiger partial charge in [0.05, 0.1) is 24.0 Å². The number of hydrogen-bond acceptors (Lipinski definition) is 4. The van der Waals surface area contributed by atoms with Gasteiger partial charge in [-0.25, -0.2) is 8.42 Å². The third-order valence-corrected chi connectivity index (χ3v) is 8.19. The van der Waals surface area contributed by atoms with Crippen LogP contribution in [0.25, 0.3) is 0 Å². The first kappa shape index (κ1) is 24.6. The molecular formula is C30H28N2O4S. The molecule has 0 spiro atoms. The average molecular weight is 513 g/mol. The number of sulfonamides is 1. The van der Waals surface area contributed by atoms with Crippen molar-refractivity contribution < 1.29 is 17.9 Å². The lowest BCUT2D eigenvalue weighted by molar-refractivity contribution is -0.128. The summed E-state index contributed by atoms with van der Waals surface area (Å²) in [6.07, 6.45) is -1.02. The van der Waals surface area contributed by atoms with Crippen molar-refractivity contribution in [3.05, 3.63) is 131 Å². The number of rotatable bonds is 7. The molecule has 2 unspecified atom stereocenters. The van der Waals surface area contributed by atoms with E-state index in [1.54, 1.807) is 36.4 Å². The molecule has 0 aromatic heterocycles. The zero-order chi connectivity index (χ0) is 25.8. The Hall–Kier alpha value is -4.10. The molecule has 0 saturated carbocycles. The van der Waals surface area contributed by atoms with Crippen LogP contribution in [-0.2, 0) is 20.6 Å². The lowest BCUT2D eigenvalue weighted by Crippen LogP contribution is -2.51. The number of fused-ring (bicyclic) bond motifs is 1. The van der Waals surface area contributed by atoms with Gasteiger partial charge in [-0.2, -0.15) is 0 Å². The first-order chi connectivity index (χ1) is 17.9. The molecule has 188 valence electrons. The number of para-hydroxylation sites is 2. The molecule has 4 aromatic carbocycles. The summed E-state index contributed by atoms with van der Waals surface area (Å²) in [7, 11) is -3.78. The minimum Gasteiger partial charge on any atom is -0.476 e. The monoisotopic (exact) mass is 512 g/mol. The van der Waals surface area contributed by atoms with Crippen LogP contribution in [0.4, 0.5) is 5.69 Å². The topological polar surface area (TPSA) is 75.7 Å². The summed E-state index contributed by atoms with van der Waals surface area (Å²) < 4.78 is 34.4. The summed E-state index contributed by atoms with van der Waals surface area (Å²) in [6, 6.07) is 33.1. The third-order valence-electron chi connectivity index (χ3n) is 6.47. The second-order valence-electron chi connectivity index (χ2n) is 9.06. The molecular weight excluding hydrogens is 484 g/mol. The van der Waals surface area contributed by atoms with Gasteiger partial charge in [-0.1, -0.05) is 97.1 Å². The van der Waals surface area contributed by atoms with E-state index in [1.165, 1.54) is 4.31 Å². The molecule has 1 aliphatic heterocycles. The Kier molecular flexibility index (Phi) is 6.97. The van der Waals surface area contributed by atoms with E-state index >= 15 is 0 Å². The number of ether oxygens (including phenoxy) is 1. The fourth-order valence-electron chi connectivity index (χ4n) is 4.60. The molecule has 1 aliphatic rings. The number of benzene rings is 4. The van der Waals surface area contributed by atoms with E-state index in [0.29, 0.717) is 17.0 Å². The Balaban J connectivity index is 1.45. The molecule has 1 amide bonds. The Bertz CT molecular complexity index is 1490. The first-order valence-corrected chi connectivity index (χ1v) is 13.7. The first-order valence-electron chi connectivity index (χ1n) is 12.1. The molecule has 0 saturated heterocycles. The predicted molar refractivity (Wildman–Crippen MR) is 145 cm³/mol. The fourth-order valence-corrected chi connectivity index (χ4v) is 6.18. The van der Waals surface area contributed by atoms with Crippen LogP contribution in [0, 0.1) is 6.92 Å². The molecule has 1 heterocycles. The third kappa shape index (κ3) is 5.37. The Morgan fingerprint density at radius 3 is 2.24 bits per heavy atom. The molecule has 5 rings (SSSR count). The zero-order valence-corrected chi connectivity index (χ0v) is 21.3. The lowest BCUT2D eigenvalue weighted by Gasteiger charge is -2.35. The number of aryl methyl sites for hydroxylation is 1. The molecule has 0 aliphatic carbocycles. The zero-order valence-electron chi connectivity index (χ0n) is 20.4. The van der Waals surface area contributed by atoms with Crippen molar-refractivity contribution >= 4 is 21.6 Å². The van der Waals surface area contributed by atoms with Gasteiger partial charge >= 0.3 is 0 Å². The Labute approximate surface area is 217 Å². The Morgan fingerprint density at radius 2 is 1.51 bits per heavy atom. The van der Waals surface area contributed by atoms with Crippen molar-refractivity contribution in [1.29, 1.82) is 0 Å². The highest BCUT2D eigenvalue weighted by atomic mass is 32.2. The van der Waals surface area contributed by atoms with Crippen molar-refractivity contribution in [3.8, 4) is 5.75 Å². The molecule has 7 heteroatoms. The van der Waals surface area contributed by atoms with E-state index in [2.05, 4.69) is 5.32 Å². The van der Waals surface area contributed by atoms with Gasteiger partial charge in [-0.05, 0) is 41.3 Å². The average Bonchev–Trinajstić information content (AvgIpc) is 2.92. The van der Waals surface area contributed by atoms with Crippen molar-refractivity contribution in [2.24, 2.45) is 0 Å². The second-order valence-corrected chi connectivity index (χ2v) is 10.9. The van der Waals surface area contributed by atoms with E-state index in [0.717, 1.165) is 16.7 Å². The van der Waals surface area contributed by atoms with Gasteiger partial charge in [0.2, 0.25) is 10.0 Å². The van der Waals surface area contributed by atoms with E-state index < -0.39 is 22.2 Å². The van der Waals surface area contributed by atoms with Crippen LogP contribution >= 0.6 is 0 Å². The standard InChI is InChI=1S/C30H28N2O4S/c1-22-12-8-9-17-25(22)29(24-15-6-3-7-16-24)31-30(33)28-20-32(26-18-10-11-19-27(26)36-28)37(34,35)21-23-13-4-2-5-14-23/h2-19,28-29H,20-21H2,1H3,(H,31,33). The van der Waals surface area contributed by atoms with Gasteiger partial charge in [-0.3, -0.25) is 9.10 Å². The summed E-state index contributed by atoms with van der Waals surface area (Å²) in [6.45, 7) is 1.88. The number of nitrogens with one attached hydrogen (secondary N) is 1. The van der Waals surface area contributed by atoms with Crippen molar-refractivity contribution in [3.63, 3.8) is 0 Å². The fraction of sp³-hybridized carbons (Fsp3) is 0.167. The number of nitrogens with zero attached hydrogens (tertiary/aromatic N) is 1. The molecule has 0 fully saturated rings. The molecule has 6 nitrogen and oxygen atoms in total. The molecule has 1 N–H and O–H groups in total. The van der Waals surface area contributed by atoms with E-state index in [-0.39, 0.29) is 18.2 Å². The largest absolute Gasteiger partial charge is 0.476 e.